The Hall–Kier alpha value is -4.37. The molecule has 0 aliphatic heterocycles. The molecule has 0 aliphatic rings. The van der Waals surface area contributed by atoms with Gasteiger partial charge in [-0.15, -0.1) is 10.2 Å². The number of hydrogen-bond donors (Lipinski definition) is 1. The molecule has 0 aliphatic carbocycles. The summed E-state index contributed by atoms with van der Waals surface area (Å²) in [4.78, 5) is 16.9. The van der Waals surface area contributed by atoms with E-state index in [9.17, 15) is 4.79 Å². The number of hydrogen-bond acceptors (Lipinski definition) is 7. The molecule has 0 bridgehead atoms. The summed E-state index contributed by atoms with van der Waals surface area (Å²) in [6.45, 7) is 0.438. The molecule has 0 spiro atoms. The van der Waals surface area contributed by atoms with Crippen molar-refractivity contribution >= 4 is 23.4 Å². The van der Waals surface area contributed by atoms with Gasteiger partial charge in [0.1, 0.15) is 17.3 Å². The van der Waals surface area contributed by atoms with E-state index in [1.807, 2.05) is 77.4 Å². The van der Waals surface area contributed by atoms with Crippen LogP contribution in [0.25, 0.3) is 11.4 Å². The van der Waals surface area contributed by atoms with Crippen molar-refractivity contribution in [3.05, 3.63) is 103 Å². The fourth-order valence-corrected chi connectivity index (χ4v) is 4.13. The maximum Gasteiger partial charge on any atom is 0.234 e. The quantitative estimate of drug-likeness (QED) is 0.276. The molecule has 5 aromatic rings. The first-order chi connectivity index (χ1) is 17.2. The van der Waals surface area contributed by atoms with Gasteiger partial charge in [0.25, 0.3) is 0 Å². The van der Waals surface area contributed by atoms with Crippen LogP contribution in [0.3, 0.4) is 0 Å². The Morgan fingerprint density at radius 2 is 1.86 bits per heavy atom. The second kappa shape index (κ2) is 10.7. The lowest BCUT2D eigenvalue weighted by atomic mass is 10.2. The molecule has 0 unspecified atom stereocenters. The number of amides is 1. The van der Waals surface area contributed by atoms with Crippen LogP contribution in [-0.2, 0) is 11.3 Å². The molecule has 35 heavy (non-hydrogen) atoms. The summed E-state index contributed by atoms with van der Waals surface area (Å²) < 4.78 is 13.3. The molecule has 0 saturated heterocycles. The lowest BCUT2D eigenvalue weighted by Crippen LogP contribution is -2.14. The van der Waals surface area contributed by atoms with Crippen molar-refractivity contribution in [1.82, 2.24) is 19.7 Å². The highest BCUT2D eigenvalue weighted by atomic mass is 32.2. The fraction of sp³-hybridized carbons (Fsp3) is 0.0769. The Kier molecular flexibility index (Phi) is 6.86. The number of nitrogens with zero attached hydrogens (tertiary/aromatic N) is 4. The van der Waals surface area contributed by atoms with Gasteiger partial charge in [0.05, 0.1) is 18.6 Å². The number of aromatic nitrogens is 4. The first kappa shape index (κ1) is 22.4. The van der Waals surface area contributed by atoms with Crippen LogP contribution in [0.1, 0.15) is 5.76 Å². The van der Waals surface area contributed by atoms with Crippen LogP contribution < -0.4 is 10.1 Å². The van der Waals surface area contributed by atoms with Crippen LogP contribution >= 0.6 is 11.8 Å². The highest BCUT2D eigenvalue weighted by Gasteiger charge is 2.17. The Bertz CT molecular complexity index is 1390. The number of nitrogens with one attached hydrogen (secondary N) is 1. The third kappa shape index (κ3) is 5.77. The average molecular weight is 484 g/mol. The van der Waals surface area contributed by atoms with E-state index in [0.29, 0.717) is 29.0 Å². The molecule has 5 rings (SSSR count). The molecule has 1 amide bonds. The molecule has 0 fully saturated rings. The van der Waals surface area contributed by atoms with E-state index in [2.05, 4.69) is 20.5 Å². The van der Waals surface area contributed by atoms with E-state index >= 15 is 0 Å². The van der Waals surface area contributed by atoms with Gasteiger partial charge in [0.2, 0.25) is 5.91 Å². The smallest absolute Gasteiger partial charge is 0.234 e. The molecule has 174 valence electrons. The summed E-state index contributed by atoms with van der Waals surface area (Å²) in [6.07, 6.45) is 5.06. The highest BCUT2D eigenvalue weighted by Crippen LogP contribution is 2.26. The van der Waals surface area contributed by atoms with Crippen molar-refractivity contribution < 1.29 is 13.9 Å². The second-order valence-electron chi connectivity index (χ2n) is 7.49. The Labute approximate surface area is 206 Å². The van der Waals surface area contributed by atoms with Crippen molar-refractivity contribution in [3.8, 4) is 22.9 Å². The number of anilines is 1. The van der Waals surface area contributed by atoms with Crippen molar-refractivity contribution in [2.75, 3.05) is 11.1 Å². The monoisotopic (exact) mass is 483 g/mol. The van der Waals surface area contributed by atoms with E-state index in [1.54, 1.807) is 24.7 Å². The highest BCUT2D eigenvalue weighted by molar-refractivity contribution is 7.99. The first-order valence-corrected chi connectivity index (χ1v) is 11.8. The Morgan fingerprint density at radius 1 is 0.971 bits per heavy atom. The number of carbonyl (C=O) groups is 1. The molecule has 1 N–H and O–H groups in total. The minimum Gasteiger partial charge on any atom is -0.467 e. The normalized spacial score (nSPS) is 10.7. The van der Waals surface area contributed by atoms with Gasteiger partial charge in [-0.25, -0.2) is 0 Å². The average Bonchev–Trinajstić information content (AvgIpc) is 3.55. The Morgan fingerprint density at radius 3 is 2.66 bits per heavy atom. The maximum absolute atomic E-state index is 12.7. The van der Waals surface area contributed by atoms with Gasteiger partial charge in [0, 0.05) is 29.7 Å². The van der Waals surface area contributed by atoms with E-state index in [4.69, 9.17) is 9.15 Å². The van der Waals surface area contributed by atoms with Crippen LogP contribution in [0.15, 0.2) is 107 Å². The van der Waals surface area contributed by atoms with Gasteiger partial charge < -0.3 is 14.5 Å². The van der Waals surface area contributed by atoms with Crippen LogP contribution in [0.5, 0.6) is 11.5 Å². The van der Waals surface area contributed by atoms with Crippen molar-refractivity contribution in [3.63, 3.8) is 0 Å². The SMILES string of the molecule is O=C(CSc1nnc(-c2cccnc2)n1Cc1ccco1)Nc1cccc(Oc2ccccc2)c1. The molecular formula is C26H21N5O3S. The molecule has 2 aromatic carbocycles. The topological polar surface area (TPSA) is 95.1 Å². The number of thioether (sulfide) groups is 1. The lowest BCUT2D eigenvalue weighted by Gasteiger charge is -2.10. The summed E-state index contributed by atoms with van der Waals surface area (Å²) in [7, 11) is 0. The predicted octanol–water partition coefficient (Wildman–Crippen LogP) is 5.50. The van der Waals surface area contributed by atoms with Gasteiger partial charge in [0.15, 0.2) is 11.0 Å². The zero-order valence-corrected chi connectivity index (χ0v) is 19.4. The summed E-state index contributed by atoms with van der Waals surface area (Å²) in [5, 5.41) is 12.2. The van der Waals surface area contributed by atoms with Gasteiger partial charge >= 0.3 is 0 Å². The van der Waals surface area contributed by atoms with Gasteiger partial charge in [-0.2, -0.15) is 0 Å². The summed E-state index contributed by atoms with van der Waals surface area (Å²) in [6, 6.07) is 24.3. The third-order valence-corrected chi connectivity index (χ3v) is 5.93. The zero-order valence-electron chi connectivity index (χ0n) is 18.6. The third-order valence-electron chi connectivity index (χ3n) is 4.96. The minimum atomic E-state index is -0.165. The number of ether oxygens (including phenoxy) is 1. The first-order valence-electron chi connectivity index (χ1n) is 10.9. The van der Waals surface area contributed by atoms with E-state index in [-0.39, 0.29) is 11.7 Å². The maximum atomic E-state index is 12.7. The number of furan rings is 1. The standard InChI is InChI=1S/C26H21N5O3S/c32-24(28-20-8-4-11-22(15-20)34-21-9-2-1-3-10-21)18-35-26-30-29-25(19-7-5-13-27-16-19)31(26)17-23-12-6-14-33-23/h1-16H,17-18H2,(H,28,32). The summed E-state index contributed by atoms with van der Waals surface area (Å²) >= 11 is 1.30. The summed E-state index contributed by atoms with van der Waals surface area (Å²) in [5.74, 6) is 2.78. The molecular weight excluding hydrogens is 462 g/mol. The van der Waals surface area contributed by atoms with Crippen molar-refractivity contribution in [2.24, 2.45) is 0 Å². The van der Waals surface area contributed by atoms with Gasteiger partial charge in [-0.1, -0.05) is 36.0 Å². The van der Waals surface area contributed by atoms with E-state index < -0.39 is 0 Å². The van der Waals surface area contributed by atoms with Crippen LogP contribution in [0.4, 0.5) is 5.69 Å². The molecule has 0 atom stereocenters. The molecule has 8 nitrogen and oxygen atoms in total. The number of carbonyl (C=O) groups excluding carboxylic acids is 1. The predicted molar refractivity (Wildman–Crippen MR) is 133 cm³/mol. The molecule has 0 saturated carbocycles. The van der Waals surface area contributed by atoms with Gasteiger partial charge in [-0.3, -0.25) is 14.3 Å². The molecule has 3 aromatic heterocycles. The zero-order chi connectivity index (χ0) is 23.9. The van der Waals surface area contributed by atoms with Crippen molar-refractivity contribution in [1.29, 1.82) is 0 Å². The number of rotatable bonds is 9. The second-order valence-corrected chi connectivity index (χ2v) is 8.44. The Balaban J connectivity index is 1.27. The number of para-hydroxylation sites is 1. The lowest BCUT2D eigenvalue weighted by molar-refractivity contribution is -0.113. The number of pyridine rings is 1. The van der Waals surface area contributed by atoms with Crippen LogP contribution in [0.2, 0.25) is 0 Å². The van der Waals surface area contributed by atoms with Crippen molar-refractivity contribution in [2.45, 2.75) is 11.7 Å². The largest absolute Gasteiger partial charge is 0.467 e. The molecule has 0 radical (unpaired) electrons. The van der Waals surface area contributed by atoms with Gasteiger partial charge in [-0.05, 0) is 48.5 Å². The fourth-order valence-electron chi connectivity index (χ4n) is 3.39. The van der Waals surface area contributed by atoms with Crippen LogP contribution in [0, 0.1) is 0 Å². The summed E-state index contributed by atoms with van der Waals surface area (Å²) in [5.41, 5.74) is 1.48. The van der Waals surface area contributed by atoms with E-state index in [0.717, 1.165) is 17.1 Å². The van der Waals surface area contributed by atoms with E-state index in [1.165, 1.54) is 11.8 Å². The minimum absolute atomic E-state index is 0.160. The van der Waals surface area contributed by atoms with Crippen LogP contribution in [-0.4, -0.2) is 31.4 Å². The number of benzene rings is 2. The molecule has 3 heterocycles. The molecule has 9 heteroatoms.